The van der Waals surface area contributed by atoms with Crippen molar-refractivity contribution >= 4 is 22.5 Å². The highest BCUT2D eigenvalue weighted by Crippen LogP contribution is 2.18. The summed E-state index contributed by atoms with van der Waals surface area (Å²) in [5, 5.41) is 4.72. The van der Waals surface area contributed by atoms with Crippen molar-refractivity contribution in [2.24, 2.45) is 7.05 Å². The summed E-state index contributed by atoms with van der Waals surface area (Å²) in [6, 6.07) is 9.39. The van der Waals surface area contributed by atoms with E-state index >= 15 is 0 Å². The van der Waals surface area contributed by atoms with Gasteiger partial charge < -0.3 is 9.09 Å². The Bertz CT molecular complexity index is 807. The van der Waals surface area contributed by atoms with Crippen LogP contribution in [0.5, 0.6) is 0 Å². The molecule has 1 aromatic carbocycles. The number of aromatic nitrogens is 3. The first-order valence-corrected chi connectivity index (χ1v) is 6.22. The maximum Gasteiger partial charge on any atom is 0.262 e. The van der Waals surface area contributed by atoms with Gasteiger partial charge in [-0.1, -0.05) is 23.4 Å². The first kappa shape index (κ1) is 11.9. The predicted octanol–water partition coefficient (Wildman–Crippen LogP) is 2.33. The van der Waals surface area contributed by atoms with Crippen LogP contribution in [0.4, 0.5) is 0 Å². The molecular weight excluding hydrogens is 266 g/mol. The molecule has 0 aliphatic rings. The Hall–Kier alpha value is -2.14. The van der Waals surface area contributed by atoms with E-state index in [0.717, 1.165) is 10.9 Å². The molecule has 5 nitrogen and oxygen atoms in total. The minimum absolute atomic E-state index is 0.126. The van der Waals surface area contributed by atoms with Crippen LogP contribution in [0.1, 0.15) is 5.89 Å². The highest BCUT2D eigenvalue weighted by atomic mass is 35.5. The Morgan fingerprint density at radius 2 is 2.16 bits per heavy atom. The molecule has 96 valence electrons. The lowest BCUT2D eigenvalue weighted by molar-refractivity contribution is 0.391. The Kier molecular flexibility index (Phi) is 2.83. The van der Waals surface area contributed by atoms with E-state index in [0.29, 0.717) is 11.5 Å². The summed E-state index contributed by atoms with van der Waals surface area (Å²) in [5.41, 5.74) is 1.10. The Morgan fingerprint density at radius 3 is 2.89 bits per heavy atom. The van der Waals surface area contributed by atoms with Gasteiger partial charge in [-0.15, -0.1) is 11.6 Å². The third-order valence-electron chi connectivity index (χ3n) is 2.96. The van der Waals surface area contributed by atoms with Crippen molar-refractivity contribution < 1.29 is 4.52 Å². The molecule has 2 aromatic heterocycles. The average molecular weight is 276 g/mol. The van der Waals surface area contributed by atoms with Gasteiger partial charge in [-0.3, -0.25) is 4.79 Å². The smallest absolute Gasteiger partial charge is 0.262 e. The molecule has 3 aromatic rings. The largest absolute Gasteiger partial charge is 0.338 e. The number of hydrogen-bond donors (Lipinski definition) is 0. The SMILES string of the molecule is Cn1c(=O)c(-c2noc(CCl)n2)cc2ccccc21. The fourth-order valence-electron chi connectivity index (χ4n) is 2.00. The highest BCUT2D eigenvalue weighted by Gasteiger charge is 2.14. The van der Waals surface area contributed by atoms with E-state index in [1.54, 1.807) is 17.7 Å². The summed E-state index contributed by atoms with van der Waals surface area (Å²) in [6.07, 6.45) is 0. The van der Waals surface area contributed by atoms with Crippen LogP contribution in [-0.2, 0) is 12.9 Å². The van der Waals surface area contributed by atoms with E-state index in [2.05, 4.69) is 10.1 Å². The van der Waals surface area contributed by atoms with Crippen molar-refractivity contribution in [2.75, 3.05) is 0 Å². The molecule has 2 heterocycles. The fraction of sp³-hybridized carbons (Fsp3) is 0.154. The molecule has 6 heteroatoms. The second-order valence-electron chi connectivity index (χ2n) is 4.13. The van der Waals surface area contributed by atoms with Crippen molar-refractivity contribution in [1.29, 1.82) is 0 Å². The zero-order valence-corrected chi connectivity index (χ0v) is 10.9. The number of benzene rings is 1. The van der Waals surface area contributed by atoms with E-state index in [9.17, 15) is 4.79 Å². The number of pyridine rings is 1. The molecule has 0 bridgehead atoms. The summed E-state index contributed by atoms with van der Waals surface area (Å²) in [6.45, 7) is 0. The molecule has 0 atom stereocenters. The van der Waals surface area contributed by atoms with Crippen molar-refractivity contribution in [3.63, 3.8) is 0 Å². The van der Waals surface area contributed by atoms with Crippen LogP contribution < -0.4 is 5.56 Å². The van der Waals surface area contributed by atoms with Gasteiger partial charge in [-0.25, -0.2) is 0 Å². The molecule has 0 aliphatic carbocycles. The van der Waals surface area contributed by atoms with Gasteiger partial charge >= 0.3 is 0 Å². The summed E-state index contributed by atoms with van der Waals surface area (Å²) in [7, 11) is 1.72. The molecule has 0 radical (unpaired) electrons. The highest BCUT2D eigenvalue weighted by molar-refractivity contribution is 6.16. The summed E-state index contributed by atoms with van der Waals surface area (Å²) < 4.78 is 6.50. The van der Waals surface area contributed by atoms with Gasteiger partial charge in [0.15, 0.2) is 0 Å². The lowest BCUT2D eigenvalue weighted by atomic mass is 10.1. The minimum atomic E-state index is -0.166. The fourth-order valence-corrected chi connectivity index (χ4v) is 2.11. The molecule has 0 amide bonds. The van der Waals surface area contributed by atoms with Crippen LogP contribution in [0.2, 0.25) is 0 Å². The van der Waals surface area contributed by atoms with E-state index in [-0.39, 0.29) is 17.3 Å². The molecular formula is C13H10ClN3O2. The van der Waals surface area contributed by atoms with E-state index in [1.807, 2.05) is 24.3 Å². The predicted molar refractivity (Wildman–Crippen MR) is 72.0 cm³/mol. The number of alkyl halides is 1. The quantitative estimate of drug-likeness (QED) is 0.674. The third kappa shape index (κ3) is 1.92. The first-order valence-electron chi connectivity index (χ1n) is 5.68. The molecule has 19 heavy (non-hydrogen) atoms. The number of aryl methyl sites for hydroxylation is 1. The van der Waals surface area contributed by atoms with Gasteiger partial charge in [0.25, 0.3) is 5.56 Å². The Labute approximate surface area is 113 Å². The normalized spacial score (nSPS) is 11.1. The van der Waals surface area contributed by atoms with Gasteiger partial charge in [0.1, 0.15) is 5.88 Å². The maximum atomic E-state index is 12.3. The third-order valence-corrected chi connectivity index (χ3v) is 3.18. The van der Waals surface area contributed by atoms with E-state index < -0.39 is 0 Å². The van der Waals surface area contributed by atoms with Crippen molar-refractivity contribution in [3.8, 4) is 11.4 Å². The Balaban J connectivity index is 2.29. The molecule has 0 fully saturated rings. The van der Waals surface area contributed by atoms with E-state index in [4.69, 9.17) is 16.1 Å². The Morgan fingerprint density at radius 1 is 1.37 bits per heavy atom. The van der Waals surface area contributed by atoms with Crippen LogP contribution in [-0.4, -0.2) is 14.7 Å². The number of fused-ring (bicyclic) bond motifs is 1. The van der Waals surface area contributed by atoms with Crippen LogP contribution >= 0.6 is 11.6 Å². The topological polar surface area (TPSA) is 60.9 Å². The zero-order valence-electron chi connectivity index (χ0n) is 10.1. The van der Waals surface area contributed by atoms with Gasteiger partial charge in [-0.2, -0.15) is 4.98 Å². The molecule has 0 saturated heterocycles. The van der Waals surface area contributed by atoms with Gasteiger partial charge in [-0.05, 0) is 17.5 Å². The average Bonchev–Trinajstić information content (AvgIpc) is 2.91. The number of para-hydroxylation sites is 1. The second-order valence-corrected chi connectivity index (χ2v) is 4.39. The monoisotopic (exact) mass is 275 g/mol. The molecule has 0 aliphatic heterocycles. The van der Waals surface area contributed by atoms with Gasteiger partial charge in [0, 0.05) is 7.05 Å². The molecule has 0 unspecified atom stereocenters. The number of nitrogens with zero attached hydrogens (tertiary/aromatic N) is 3. The van der Waals surface area contributed by atoms with Crippen LogP contribution in [0.15, 0.2) is 39.6 Å². The van der Waals surface area contributed by atoms with Gasteiger partial charge in [0.2, 0.25) is 11.7 Å². The van der Waals surface area contributed by atoms with Gasteiger partial charge in [0.05, 0.1) is 11.1 Å². The minimum Gasteiger partial charge on any atom is -0.338 e. The molecule has 0 saturated carbocycles. The van der Waals surface area contributed by atoms with E-state index in [1.165, 1.54) is 0 Å². The number of halogens is 1. The van der Waals surface area contributed by atoms with Crippen molar-refractivity contribution in [1.82, 2.24) is 14.7 Å². The van der Waals surface area contributed by atoms with Crippen LogP contribution in [0.25, 0.3) is 22.3 Å². The van der Waals surface area contributed by atoms with Crippen molar-refractivity contribution in [3.05, 3.63) is 46.6 Å². The first-order chi connectivity index (χ1) is 9.20. The van der Waals surface area contributed by atoms with Crippen molar-refractivity contribution in [2.45, 2.75) is 5.88 Å². The van der Waals surface area contributed by atoms with Crippen LogP contribution in [0, 0.1) is 0 Å². The van der Waals surface area contributed by atoms with Crippen LogP contribution in [0.3, 0.4) is 0 Å². The lowest BCUT2D eigenvalue weighted by Gasteiger charge is -2.06. The molecule has 0 spiro atoms. The zero-order chi connectivity index (χ0) is 13.4. The molecule has 0 N–H and O–H groups in total. The number of rotatable bonds is 2. The number of hydrogen-bond acceptors (Lipinski definition) is 4. The lowest BCUT2D eigenvalue weighted by Crippen LogP contribution is -2.19. The summed E-state index contributed by atoms with van der Waals surface area (Å²) in [4.78, 5) is 16.4. The maximum absolute atomic E-state index is 12.3. The molecule has 3 rings (SSSR count). The second kappa shape index (κ2) is 4.51. The summed E-state index contributed by atoms with van der Waals surface area (Å²) >= 11 is 5.61. The summed E-state index contributed by atoms with van der Waals surface area (Å²) in [5.74, 6) is 0.690. The standard InChI is InChI=1S/C13H10ClN3O2/c1-17-10-5-3-2-4-8(10)6-9(13(17)18)12-15-11(7-14)19-16-12/h2-6H,7H2,1H3.